The standard InChI is InChI=1S/C16H17Cl2N3O.ClH/c1-11-10-21(15-6-5-14(18)19-20-15)8-7-16(11,22)12-3-2-4-13(17)9-12;/h2-6,9,11,22H,7-8,10H2,1H3;1H. The summed E-state index contributed by atoms with van der Waals surface area (Å²) >= 11 is 11.8. The van der Waals surface area contributed by atoms with Crippen LogP contribution < -0.4 is 4.90 Å². The molecule has 2 heterocycles. The molecule has 1 N–H and O–H groups in total. The smallest absolute Gasteiger partial charge is 0.151 e. The maximum atomic E-state index is 11.1. The summed E-state index contributed by atoms with van der Waals surface area (Å²) in [6.45, 7) is 3.43. The van der Waals surface area contributed by atoms with Crippen LogP contribution in [0.5, 0.6) is 0 Å². The number of anilines is 1. The molecule has 23 heavy (non-hydrogen) atoms. The molecule has 7 heteroatoms. The van der Waals surface area contributed by atoms with Crippen LogP contribution in [0.1, 0.15) is 18.9 Å². The second kappa shape index (κ2) is 7.22. The molecule has 1 fully saturated rings. The highest BCUT2D eigenvalue weighted by atomic mass is 35.5. The van der Waals surface area contributed by atoms with E-state index in [1.807, 2.05) is 37.3 Å². The van der Waals surface area contributed by atoms with Crippen LogP contribution in [-0.4, -0.2) is 28.4 Å². The van der Waals surface area contributed by atoms with Gasteiger partial charge in [-0.2, -0.15) is 0 Å². The molecule has 0 saturated carbocycles. The quantitative estimate of drug-likeness (QED) is 0.865. The number of benzene rings is 1. The monoisotopic (exact) mass is 373 g/mol. The number of aromatic nitrogens is 2. The van der Waals surface area contributed by atoms with Crippen molar-refractivity contribution < 1.29 is 5.11 Å². The fourth-order valence-electron chi connectivity index (χ4n) is 3.00. The van der Waals surface area contributed by atoms with E-state index in [1.165, 1.54) is 0 Å². The van der Waals surface area contributed by atoms with Gasteiger partial charge in [-0.25, -0.2) is 0 Å². The van der Waals surface area contributed by atoms with E-state index < -0.39 is 5.60 Å². The van der Waals surface area contributed by atoms with E-state index in [1.54, 1.807) is 6.07 Å². The van der Waals surface area contributed by atoms with Crippen molar-refractivity contribution in [2.24, 2.45) is 5.92 Å². The third kappa shape index (κ3) is 3.72. The lowest BCUT2D eigenvalue weighted by molar-refractivity contribution is -0.0329. The van der Waals surface area contributed by atoms with E-state index in [-0.39, 0.29) is 18.3 Å². The number of hydrogen-bond donors (Lipinski definition) is 1. The first-order valence-corrected chi connectivity index (χ1v) is 7.97. The van der Waals surface area contributed by atoms with Crippen molar-refractivity contribution in [2.75, 3.05) is 18.0 Å². The van der Waals surface area contributed by atoms with Gasteiger partial charge < -0.3 is 10.0 Å². The van der Waals surface area contributed by atoms with Gasteiger partial charge in [0.25, 0.3) is 0 Å². The molecule has 0 radical (unpaired) electrons. The third-order valence-corrected chi connectivity index (χ3v) is 4.78. The number of hydrogen-bond acceptors (Lipinski definition) is 4. The van der Waals surface area contributed by atoms with Gasteiger partial charge in [-0.05, 0) is 36.2 Å². The van der Waals surface area contributed by atoms with Crippen LogP contribution in [0.25, 0.3) is 0 Å². The highest BCUT2D eigenvalue weighted by Gasteiger charge is 2.40. The Bertz CT molecular complexity index is 668. The summed E-state index contributed by atoms with van der Waals surface area (Å²) in [6.07, 6.45) is 0.610. The highest BCUT2D eigenvalue weighted by Crippen LogP contribution is 2.38. The molecule has 0 amide bonds. The van der Waals surface area contributed by atoms with Crippen LogP contribution in [-0.2, 0) is 5.60 Å². The minimum absolute atomic E-state index is 0. The number of rotatable bonds is 2. The minimum Gasteiger partial charge on any atom is -0.385 e. The lowest BCUT2D eigenvalue weighted by Crippen LogP contribution is -2.49. The molecule has 124 valence electrons. The molecule has 1 aromatic carbocycles. The van der Waals surface area contributed by atoms with Gasteiger partial charge in [0, 0.05) is 24.0 Å². The Hall–Kier alpha value is -1.07. The van der Waals surface area contributed by atoms with E-state index in [4.69, 9.17) is 23.2 Å². The maximum Gasteiger partial charge on any atom is 0.151 e. The van der Waals surface area contributed by atoms with Crippen LogP contribution in [0, 0.1) is 5.92 Å². The predicted octanol–water partition coefficient (Wildman–Crippen LogP) is 3.94. The Morgan fingerprint density at radius 1 is 1.22 bits per heavy atom. The van der Waals surface area contributed by atoms with Crippen molar-refractivity contribution in [1.82, 2.24) is 10.2 Å². The molecular formula is C16H18Cl3N3O. The molecule has 0 aliphatic carbocycles. The number of piperidine rings is 1. The molecular weight excluding hydrogens is 357 g/mol. The van der Waals surface area contributed by atoms with E-state index in [9.17, 15) is 5.11 Å². The molecule has 0 spiro atoms. The van der Waals surface area contributed by atoms with Gasteiger partial charge in [-0.15, -0.1) is 22.6 Å². The van der Waals surface area contributed by atoms with Crippen molar-refractivity contribution in [3.05, 3.63) is 52.1 Å². The molecule has 4 nitrogen and oxygen atoms in total. The first-order chi connectivity index (χ1) is 10.5. The Kier molecular flexibility index (Phi) is 5.74. The van der Waals surface area contributed by atoms with E-state index in [0.29, 0.717) is 29.7 Å². The molecule has 1 saturated heterocycles. The molecule has 2 aromatic rings. The largest absolute Gasteiger partial charge is 0.385 e. The lowest BCUT2D eigenvalue weighted by Gasteiger charge is -2.44. The summed E-state index contributed by atoms with van der Waals surface area (Å²) < 4.78 is 0. The Morgan fingerprint density at radius 2 is 2.00 bits per heavy atom. The summed E-state index contributed by atoms with van der Waals surface area (Å²) in [5.74, 6) is 0.821. The van der Waals surface area contributed by atoms with Crippen LogP contribution in [0.2, 0.25) is 10.2 Å². The van der Waals surface area contributed by atoms with Gasteiger partial charge in [0.05, 0.1) is 5.60 Å². The van der Waals surface area contributed by atoms with Crippen LogP contribution >= 0.6 is 35.6 Å². The first-order valence-electron chi connectivity index (χ1n) is 7.21. The summed E-state index contributed by atoms with van der Waals surface area (Å²) in [7, 11) is 0. The van der Waals surface area contributed by atoms with Gasteiger partial charge in [0.15, 0.2) is 11.0 Å². The first kappa shape index (κ1) is 18.3. The fraction of sp³-hybridized carbons (Fsp3) is 0.375. The Balaban J connectivity index is 0.00000192. The zero-order chi connectivity index (χ0) is 15.7. The minimum atomic E-state index is -0.874. The van der Waals surface area contributed by atoms with Gasteiger partial charge >= 0.3 is 0 Å². The Morgan fingerprint density at radius 3 is 2.61 bits per heavy atom. The predicted molar refractivity (Wildman–Crippen MR) is 95.6 cm³/mol. The molecule has 1 aliphatic rings. The third-order valence-electron chi connectivity index (χ3n) is 4.34. The van der Waals surface area contributed by atoms with Crippen molar-refractivity contribution in [3.8, 4) is 0 Å². The normalized spacial score (nSPS) is 24.2. The van der Waals surface area contributed by atoms with Gasteiger partial charge in [0.1, 0.15) is 0 Å². The van der Waals surface area contributed by atoms with E-state index in [2.05, 4.69) is 15.1 Å². The van der Waals surface area contributed by atoms with Crippen molar-refractivity contribution in [2.45, 2.75) is 18.9 Å². The van der Waals surface area contributed by atoms with Crippen LogP contribution in [0.15, 0.2) is 36.4 Å². The van der Waals surface area contributed by atoms with E-state index >= 15 is 0 Å². The zero-order valence-electron chi connectivity index (χ0n) is 12.6. The number of aliphatic hydroxyl groups is 1. The average Bonchev–Trinajstić information content (AvgIpc) is 2.51. The lowest BCUT2D eigenvalue weighted by atomic mass is 9.77. The van der Waals surface area contributed by atoms with E-state index in [0.717, 1.165) is 11.4 Å². The average molecular weight is 375 g/mol. The second-order valence-corrected chi connectivity index (χ2v) is 6.57. The van der Waals surface area contributed by atoms with Gasteiger partial charge in [0.2, 0.25) is 0 Å². The topological polar surface area (TPSA) is 49.2 Å². The summed E-state index contributed by atoms with van der Waals surface area (Å²) in [5, 5.41) is 20.1. The summed E-state index contributed by atoms with van der Waals surface area (Å²) in [6, 6.07) is 11.0. The molecule has 0 bridgehead atoms. The zero-order valence-corrected chi connectivity index (χ0v) is 14.9. The second-order valence-electron chi connectivity index (χ2n) is 5.75. The van der Waals surface area contributed by atoms with Crippen LogP contribution in [0.4, 0.5) is 5.82 Å². The molecule has 1 aromatic heterocycles. The van der Waals surface area contributed by atoms with Crippen molar-refractivity contribution in [1.29, 1.82) is 0 Å². The summed E-state index contributed by atoms with van der Waals surface area (Å²) in [5.41, 5.74) is -0.00400. The fourth-order valence-corrected chi connectivity index (χ4v) is 3.29. The molecule has 2 unspecified atom stereocenters. The Labute approximate surface area is 151 Å². The van der Waals surface area contributed by atoms with Crippen LogP contribution in [0.3, 0.4) is 0 Å². The number of halogens is 3. The molecule has 2 atom stereocenters. The molecule has 3 rings (SSSR count). The highest BCUT2D eigenvalue weighted by molar-refractivity contribution is 6.30. The number of nitrogens with zero attached hydrogens (tertiary/aromatic N) is 3. The van der Waals surface area contributed by atoms with Crippen molar-refractivity contribution in [3.63, 3.8) is 0 Å². The molecule has 1 aliphatic heterocycles. The SMILES string of the molecule is CC1CN(c2ccc(Cl)nn2)CCC1(O)c1cccc(Cl)c1.Cl. The summed E-state index contributed by atoms with van der Waals surface area (Å²) in [4.78, 5) is 2.12. The van der Waals surface area contributed by atoms with Gasteiger partial charge in [-0.3, -0.25) is 0 Å². The maximum absolute atomic E-state index is 11.1. The van der Waals surface area contributed by atoms with Gasteiger partial charge in [-0.1, -0.05) is 42.3 Å². The van der Waals surface area contributed by atoms with Crippen molar-refractivity contribution >= 4 is 41.4 Å².